The van der Waals surface area contributed by atoms with Gasteiger partial charge < -0.3 is 24.3 Å². The summed E-state index contributed by atoms with van der Waals surface area (Å²) in [5.74, 6) is 2.70. The fourth-order valence-corrected chi connectivity index (χ4v) is 4.06. The Morgan fingerprint density at radius 2 is 1.84 bits per heavy atom. The number of nitrogens with zero attached hydrogens (tertiary/aromatic N) is 3. The van der Waals surface area contributed by atoms with E-state index in [1.54, 1.807) is 18.2 Å². The number of ether oxygens (including phenoxy) is 3. The fraction of sp³-hybridized carbons (Fsp3) is 0.391. The predicted molar refractivity (Wildman–Crippen MR) is 118 cm³/mol. The monoisotopic (exact) mass is 438 g/mol. The number of piperazine rings is 1. The molecule has 1 atom stereocenters. The van der Waals surface area contributed by atoms with Crippen molar-refractivity contribution in [2.75, 3.05) is 46.1 Å². The molecule has 2 N–H and O–H groups in total. The number of β-amino-alcohol motifs (C(OH)–C–C–N with tert-alkyl or cyclic N) is 1. The van der Waals surface area contributed by atoms with Crippen molar-refractivity contribution >= 4 is 10.9 Å². The van der Waals surface area contributed by atoms with Gasteiger partial charge in [0.2, 0.25) is 6.79 Å². The topological polar surface area (TPSA) is 100 Å². The number of aromatic nitrogens is 2. The van der Waals surface area contributed by atoms with Gasteiger partial charge in [-0.25, -0.2) is 4.98 Å². The fourth-order valence-electron chi connectivity index (χ4n) is 4.06. The van der Waals surface area contributed by atoms with Crippen LogP contribution in [0.2, 0.25) is 0 Å². The molecule has 0 radical (unpaired) electrons. The minimum Gasteiger partial charge on any atom is -0.491 e. The molecule has 1 fully saturated rings. The van der Waals surface area contributed by atoms with Crippen LogP contribution in [0.3, 0.4) is 0 Å². The molecule has 9 heteroatoms. The summed E-state index contributed by atoms with van der Waals surface area (Å²) in [7, 11) is 0. The standard InChI is InChI=1S/C23H26N4O5/c28-16(14-30-17-5-6-20-21(11-17)32-15-31-20)12-26-7-9-27(10-8-26)13-22-24-19-4-2-1-3-18(19)23(29)25-22/h1-6,11,16,28H,7-10,12-15H2,(H,24,25,29). The smallest absolute Gasteiger partial charge is 0.258 e. The molecule has 5 rings (SSSR count). The van der Waals surface area contributed by atoms with Gasteiger partial charge in [0.15, 0.2) is 11.5 Å². The number of H-pyrrole nitrogens is 1. The molecule has 2 aromatic carbocycles. The predicted octanol–water partition coefficient (Wildman–Crippen LogP) is 1.21. The van der Waals surface area contributed by atoms with E-state index in [9.17, 15) is 9.90 Å². The van der Waals surface area contributed by atoms with Crippen LogP contribution in [0.25, 0.3) is 10.9 Å². The Bertz CT molecular complexity index is 1140. The second-order valence-corrected chi connectivity index (χ2v) is 8.09. The first kappa shape index (κ1) is 20.7. The summed E-state index contributed by atoms with van der Waals surface area (Å²) in [5.41, 5.74) is 0.616. The third kappa shape index (κ3) is 4.69. The van der Waals surface area contributed by atoms with Gasteiger partial charge in [0, 0.05) is 38.8 Å². The van der Waals surface area contributed by atoms with E-state index in [4.69, 9.17) is 14.2 Å². The zero-order valence-electron chi connectivity index (χ0n) is 17.7. The summed E-state index contributed by atoms with van der Waals surface area (Å²) in [6.45, 7) is 4.92. The minimum atomic E-state index is -0.592. The van der Waals surface area contributed by atoms with Crippen LogP contribution in [0.4, 0.5) is 0 Å². The summed E-state index contributed by atoms with van der Waals surface area (Å²) < 4.78 is 16.4. The quantitative estimate of drug-likeness (QED) is 0.568. The number of aliphatic hydroxyl groups is 1. The lowest BCUT2D eigenvalue weighted by Crippen LogP contribution is -2.49. The second-order valence-electron chi connectivity index (χ2n) is 8.09. The Hall–Kier alpha value is -3.14. The molecule has 1 saturated heterocycles. The van der Waals surface area contributed by atoms with E-state index in [2.05, 4.69) is 19.8 Å². The largest absolute Gasteiger partial charge is 0.491 e. The van der Waals surface area contributed by atoms with Gasteiger partial charge in [-0.05, 0) is 24.3 Å². The average molecular weight is 438 g/mol. The number of aromatic amines is 1. The number of aliphatic hydroxyl groups excluding tert-OH is 1. The lowest BCUT2D eigenvalue weighted by Gasteiger charge is -2.35. The van der Waals surface area contributed by atoms with E-state index in [0.717, 1.165) is 31.7 Å². The van der Waals surface area contributed by atoms with Crippen molar-refractivity contribution in [1.29, 1.82) is 0 Å². The number of benzene rings is 2. The molecule has 0 saturated carbocycles. The Kier molecular flexibility index (Phi) is 5.93. The highest BCUT2D eigenvalue weighted by Gasteiger charge is 2.21. The van der Waals surface area contributed by atoms with Gasteiger partial charge in [-0.15, -0.1) is 0 Å². The van der Waals surface area contributed by atoms with Crippen LogP contribution in [0.5, 0.6) is 17.2 Å². The number of fused-ring (bicyclic) bond motifs is 2. The van der Waals surface area contributed by atoms with Gasteiger partial charge >= 0.3 is 0 Å². The maximum Gasteiger partial charge on any atom is 0.258 e. The number of para-hydroxylation sites is 1. The summed E-state index contributed by atoms with van der Waals surface area (Å²) in [6, 6.07) is 12.8. The first-order valence-corrected chi connectivity index (χ1v) is 10.8. The molecule has 168 valence electrons. The van der Waals surface area contributed by atoms with E-state index < -0.39 is 6.10 Å². The zero-order chi connectivity index (χ0) is 21.9. The van der Waals surface area contributed by atoms with Crippen LogP contribution in [0.15, 0.2) is 47.3 Å². The first-order valence-electron chi connectivity index (χ1n) is 10.8. The highest BCUT2D eigenvalue weighted by atomic mass is 16.7. The van der Waals surface area contributed by atoms with Gasteiger partial charge in [0.05, 0.1) is 17.4 Å². The van der Waals surface area contributed by atoms with Crippen LogP contribution < -0.4 is 19.8 Å². The molecule has 0 aliphatic carbocycles. The molecule has 9 nitrogen and oxygen atoms in total. The molecule has 1 unspecified atom stereocenters. The number of hydrogen-bond acceptors (Lipinski definition) is 8. The van der Waals surface area contributed by atoms with Crippen LogP contribution in [0.1, 0.15) is 5.82 Å². The molecule has 2 aliphatic rings. The Morgan fingerprint density at radius 3 is 2.72 bits per heavy atom. The highest BCUT2D eigenvalue weighted by Crippen LogP contribution is 2.35. The lowest BCUT2D eigenvalue weighted by molar-refractivity contribution is 0.0441. The van der Waals surface area contributed by atoms with E-state index in [1.165, 1.54) is 0 Å². The van der Waals surface area contributed by atoms with Crippen molar-refractivity contribution < 1.29 is 19.3 Å². The summed E-state index contributed by atoms with van der Waals surface area (Å²) in [5, 5.41) is 11.0. The summed E-state index contributed by atoms with van der Waals surface area (Å²) in [4.78, 5) is 24.2. The first-order chi connectivity index (χ1) is 15.6. The van der Waals surface area contributed by atoms with Crippen molar-refractivity contribution in [3.8, 4) is 17.2 Å². The molecular formula is C23H26N4O5. The van der Waals surface area contributed by atoms with Gasteiger partial charge in [-0.1, -0.05) is 12.1 Å². The van der Waals surface area contributed by atoms with Gasteiger partial charge in [-0.3, -0.25) is 14.6 Å². The van der Waals surface area contributed by atoms with Gasteiger partial charge in [0.1, 0.15) is 24.3 Å². The zero-order valence-corrected chi connectivity index (χ0v) is 17.7. The highest BCUT2D eigenvalue weighted by molar-refractivity contribution is 5.77. The van der Waals surface area contributed by atoms with Crippen molar-refractivity contribution in [2.24, 2.45) is 0 Å². The summed E-state index contributed by atoms with van der Waals surface area (Å²) in [6.07, 6.45) is -0.592. The number of hydrogen-bond donors (Lipinski definition) is 2. The molecule has 0 amide bonds. The maximum atomic E-state index is 12.3. The number of rotatable bonds is 7. The summed E-state index contributed by atoms with van der Waals surface area (Å²) >= 11 is 0. The van der Waals surface area contributed by atoms with Crippen molar-refractivity contribution in [3.05, 3.63) is 58.6 Å². The number of nitrogens with one attached hydrogen (secondary N) is 1. The maximum absolute atomic E-state index is 12.3. The SMILES string of the molecule is O=c1[nH]c(CN2CCN(CC(O)COc3ccc4c(c3)OCO4)CC2)nc2ccccc12. The van der Waals surface area contributed by atoms with Gasteiger partial charge in [-0.2, -0.15) is 0 Å². The molecular weight excluding hydrogens is 412 g/mol. The minimum absolute atomic E-state index is 0.102. The van der Waals surface area contributed by atoms with Crippen molar-refractivity contribution in [3.63, 3.8) is 0 Å². The molecule has 0 bridgehead atoms. The van der Waals surface area contributed by atoms with Crippen LogP contribution >= 0.6 is 0 Å². The average Bonchev–Trinajstić information content (AvgIpc) is 3.27. The van der Waals surface area contributed by atoms with E-state index in [-0.39, 0.29) is 19.0 Å². The van der Waals surface area contributed by atoms with Crippen molar-refractivity contribution in [2.45, 2.75) is 12.6 Å². The molecule has 32 heavy (non-hydrogen) atoms. The molecule has 0 spiro atoms. The van der Waals surface area contributed by atoms with E-state index in [1.807, 2.05) is 24.3 Å². The second kappa shape index (κ2) is 9.15. The molecule has 3 heterocycles. The Labute approximate surface area is 185 Å². The van der Waals surface area contributed by atoms with Crippen LogP contribution in [-0.4, -0.2) is 77.1 Å². The van der Waals surface area contributed by atoms with E-state index in [0.29, 0.717) is 41.5 Å². The lowest BCUT2D eigenvalue weighted by atomic mass is 10.2. The molecule has 1 aromatic heterocycles. The van der Waals surface area contributed by atoms with E-state index >= 15 is 0 Å². The third-order valence-electron chi connectivity index (χ3n) is 5.76. The van der Waals surface area contributed by atoms with Crippen LogP contribution in [0, 0.1) is 0 Å². The van der Waals surface area contributed by atoms with Crippen molar-refractivity contribution in [1.82, 2.24) is 19.8 Å². The normalized spacial score (nSPS) is 17.5. The van der Waals surface area contributed by atoms with Gasteiger partial charge in [0.25, 0.3) is 5.56 Å². The Morgan fingerprint density at radius 1 is 1.06 bits per heavy atom. The Balaban J connectivity index is 1.08. The molecule has 3 aromatic rings. The molecule has 2 aliphatic heterocycles. The third-order valence-corrected chi connectivity index (χ3v) is 5.76. The van der Waals surface area contributed by atoms with Crippen LogP contribution in [-0.2, 0) is 6.54 Å².